The smallest absolute Gasteiger partial charge is 0.345 e. The number of carbonyl (C=O) groups is 1. The molecule has 1 aromatic heterocycles. The van der Waals surface area contributed by atoms with Crippen molar-refractivity contribution in [3.63, 3.8) is 0 Å². The summed E-state index contributed by atoms with van der Waals surface area (Å²) in [6.07, 6.45) is -2.37. The molecule has 0 aliphatic carbocycles. The SMILES string of the molecule is CN(Cc1ccc(C(=O)O)s1)CC(F)F. The standard InChI is InChI=1S/C9H11F2NO2S/c1-12(5-8(10)11)4-6-2-3-7(15-6)9(13)14/h2-3,8H,4-5H2,1H3,(H,13,14). The lowest BCUT2D eigenvalue weighted by Crippen LogP contribution is -2.23. The Morgan fingerprint density at radius 3 is 2.73 bits per heavy atom. The summed E-state index contributed by atoms with van der Waals surface area (Å²) in [6.45, 7) is 0.0442. The second-order valence-corrected chi connectivity index (χ2v) is 4.33. The summed E-state index contributed by atoms with van der Waals surface area (Å²) >= 11 is 1.11. The molecule has 0 aliphatic heterocycles. The zero-order valence-corrected chi connectivity index (χ0v) is 8.93. The average Bonchev–Trinajstić information content (AvgIpc) is 2.50. The zero-order valence-electron chi connectivity index (χ0n) is 8.11. The number of halogens is 2. The van der Waals surface area contributed by atoms with Gasteiger partial charge in [-0.05, 0) is 19.2 Å². The molecule has 15 heavy (non-hydrogen) atoms. The number of nitrogens with zero attached hydrogens (tertiary/aromatic N) is 1. The van der Waals surface area contributed by atoms with E-state index in [4.69, 9.17) is 5.11 Å². The molecule has 0 amide bonds. The molecule has 0 spiro atoms. The fourth-order valence-corrected chi connectivity index (χ4v) is 2.07. The van der Waals surface area contributed by atoms with Crippen LogP contribution in [0.4, 0.5) is 8.78 Å². The van der Waals surface area contributed by atoms with Gasteiger partial charge in [-0.15, -0.1) is 11.3 Å². The Bertz CT molecular complexity index is 341. The molecule has 1 rings (SSSR count). The van der Waals surface area contributed by atoms with Crippen LogP contribution in [0, 0.1) is 0 Å². The van der Waals surface area contributed by atoms with Crippen LogP contribution in [0.25, 0.3) is 0 Å². The normalized spacial score (nSPS) is 11.3. The number of hydrogen-bond donors (Lipinski definition) is 1. The van der Waals surface area contributed by atoms with Crippen molar-refractivity contribution in [2.75, 3.05) is 13.6 Å². The van der Waals surface area contributed by atoms with Crippen LogP contribution in [0.3, 0.4) is 0 Å². The molecule has 0 fully saturated rings. The molecule has 6 heteroatoms. The van der Waals surface area contributed by atoms with Gasteiger partial charge in [0.15, 0.2) is 0 Å². The number of carboxylic acid groups (broad SMARTS) is 1. The Labute approximate surface area is 89.9 Å². The summed E-state index contributed by atoms with van der Waals surface area (Å²) < 4.78 is 24.0. The van der Waals surface area contributed by atoms with Gasteiger partial charge in [-0.25, -0.2) is 13.6 Å². The molecule has 0 unspecified atom stereocenters. The quantitative estimate of drug-likeness (QED) is 0.850. The maximum absolute atomic E-state index is 12.0. The van der Waals surface area contributed by atoms with Gasteiger partial charge in [0.1, 0.15) is 4.88 Å². The molecule has 0 atom stereocenters. The second kappa shape index (κ2) is 5.18. The van der Waals surface area contributed by atoms with Crippen molar-refractivity contribution in [1.82, 2.24) is 4.90 Å². The highest BCUT2D eigenvalue weighted by molar-refractivity contribution is 7.13. The fourth-order valence-electron chi connectivity index (χ4n) is 1.14. The molecule has 84 valence electrons. The van der Waals surface area contributed by atoms with Crippen molar-refractivity contribution in [1.29, 1.82) is 0 Å². The summed E-state index contributed by atoms with van der Waals surface area (Å²) in [4.78, 5) is 13.0. The molecular weight excluding hydrogens is 224 g/mol. The number of hydrogen-bond acceptors (Lipinski definition) is 3. The van der Waals surface area contributed by atoms with Gasteiger partial charge in [0.05, 0.1) is 6.54 Å². The Morgan fingerprint density at radius 1 is 1.60 bits per heavy atom. The highest BCUT2D eigenvalue weighted by Crippen LogP contribution is 2.18. The molecule has 1 heterocycles. The Kier molecular flexibility index (Phi) is 4.16. The van der Waals surface area contributed by atoms with Gasteiger partial charge >= 0.3 is 5.97 Å². The van der Waals surface area contributed by atoms with Crippen LogP contribution in [0.5, 0.6) is 0 Å². The van der Waals surface area contributed by atoms with E-state index in [1.54, 1.807) is 13.1 Å². The van der Waals surface area contributed by atoms with Crippen LogP contribution in [0.1, 0.15) is 14.5 Å². The van der Waals surface area contributed by atoms with Gasteiger partial charge in [-0.3, -0.25) is 4.90 Å². The molecule has 0 aromatic carbocycles. The lowest BCUT2D eigenvalue weighted by Gasteiger charge is -2.14. The van der Waals surface area contributed by atoms with E-state index in [0.717, 1.165) is 16.2 Å². The Hall–Kier alpha value is -1.01. The van der Waals surface area contributed by atoms with E-state index in [9.17, 15) is 13.6 Å². The second-order valence-electron chi connectivity index (χ2n) is 3.16. The first kappa shape index (κ1) is 12.1. The Morgan fingerprint density at radius 2 is 2.27 bits per heavy atom. The van der Waals surface area contributed by atoms with E-state index in [2.05, 4.69) is 0 Å². The molecule has 0 radical (unpaired) electrons. The van der Waals surface area contributed by atoms with Crippen molar-refractivity contribution >= 4 is 17.3 Å². The first-order chi connectivity index (χ1) is 6.99. The fraction of sp³-hybridized carbons (Fsp3) is 0.444. The van der Waals surface area contributed by atoms with Crippen molar-refractivity contribution in [2.24, 2.45) is 0 Å². The number of alkyl halides is 2. The third kappa shape index (κ3) is 3.93. The largest absolute Gasteiger partial charge is 0.477 e. The zero-order chi connectivity index (χ0) is 11.4. The van der Waals surface area contributed by atoms with Crippen LogP contribution in [-0.4, -0.2) is 36.0 Å². The van der Waals surface area contributed by atoms with Crippen LogP contribution < -0.4 is 0 Å². The molecule has 0 bridgehead atoms. The van der Waals surface area contributed by atoms with E-state index in [0.29, 0.717) is 6.54 Å². The lowest BCUT2D eigenvalue weighted by atomic mass is 10.4. The summed E-state index contributed by atoms with van der Waals surface area (Å²) in [5.74, 6) is -0.984. The van der Waals surface area contributed by atoms with Crippen LogP contribution >= 0.6 is 11.3 Å². The number of rotatable bonds is 5. The van der Waals surface area contributed by atoms with E-state index in [-0.39, 0.29) is 11.4 Å². The van der Waals surface area contributed by atoms with Crippen LogP contribution in [0.15, 0.2) is 12.1 Å². The molecule has 1 aromatic rings. The van der Waals surface area contributed by atoms with Gasteiger partial charge in [0.2, 0.25) is 0 Å². The topological polar surface area (TPSA) is 40.5 Å². The average molecular weight is 235 g/mol. The summed E-state index contributed by atoms with van der Waals surface area (Å²) in [5, 5.41) is 8.65. The third-order valence-electron chi connectivity index (χ3n) is 1.75. The highest BCUT2D eigenvalue weighted by Gasteiger charge is 2.11. The third-order valence-corrected chi connectivity index (χ3v) is 2.81. The van der Waals surface area contributed by atoms with E-state index >= 15 is 0 Å². The van der Waals surface area contributed by atoms with Gasteiger partial charge in [0.25, 0.3) is 6.43 Å². The first-order valence-corrected chi connectivity index (χ1v) is 5.09. The van der Waals surface area contributed by atoms with Crippen molar-refractivity contribution in [3.8, 4) is 0 Å². The monoisotopic (exact) mass is 235 g/mol. The van der Waals surface area contributed by atoms with Crippen molar-refractivity contribution in [3.05, 3.63) is 21.9 Å². The molecule has 0 saturated heterocycles. The number of thiophene rings is 1. The Balaban J connectivity index is 2.53. The lowest BCUT2D eigenvalue weighted by molar-refractivity contribution is 0.0702. The van der Waals surface area contributed by atoms with Crippen molar-refractivity contribution in [2.45, 2.75) is 13.0 Å². The summed E-state index contributed by atoms with van der Waals surface area (Å²) in [7, 11) is 1.58. The van der Waals surface area contributed by atoms with Crippen LogP contribution in [-0.2, 0) is 6.54 Å². The maximum Gasteiger partial charge on any atom is 0.345 e. The van der Waals surface area contributed by atoms with E-state index < -0.39 is 12.4 Å². The number of aromatic carboxylic acids is 1. The first-order valence-electron chi connectivity index (χ1n) is 4.27. The predicted octanol–water partition coefficient (Wildman–Crippen LogP) is 2.14. The van der Waals surface area contributed by atoms with E-state index in [1.165, 1.54) is 11.0 Å². The minimum absolute atomic E-state index is 0.232. The minimum Gasteiger partial charge on any atom is -0.477 e. The molecule has 3 nitrogen and oxygen atoms in total. The summed E-state index contributed by atoms with van der Waals surface area (Å²) in [6, 6.07) is 3.13. The molecule has 0 saturated carbocycles. The molecular formula is C9H11F2NO2S. The van der Waals surface area contributed by atoms with Gasteiger partial charge in [-0.2, -0.15) is 0 Å². The molecule has 0 aliphatic rings. The van der Waals surface area contributed by atoms with Crippen molar-refractivity contribution < 1.29 is 18.7 Å². The number of carboxylic acids is 1. The van der Waals surface area contributed by atoms with Crippen LogP contribution in [0.2, 0.25) is 0 Å². The minimum atomic E-state index is -2.37. The van der Waals surface area contributed by atoms with Gasteiger partial charge < -0.3 is 5.11 Å². The van der Waals surface area contributed by atoms with Gasteiger partial charge in [-0.1, -0.05) is 0 Å². The summed E-state index contributed by atoms with van der Waals surface area (Å²) in [5.41, 5.74) is 0. The maximum atomic E-state index is 12.0. The highest BCUT2D eigenvalue weighted by atomic mass is 32.1. The van der Waals surface area contributed by atoms with E-state index in [1.807, 2.05) is 0 Å². The predicted molar refractivity (Wildman–Crippen MR) is 53.6 cm³/mol. The van der Waals surface area contributed by atoms with Gasteiger partial charge in [0, 0.05) is 11.4 Å². The molecule has 1 N–H and O–H groups in total.